The molecule has 128 valence electrons. The van der Waals surface area contributed by atoms with Crippen molar-refractivity contribution < 1.29 is 14.6 Å². The summed E-state index contributed by atoms with van der Waals surface area (Å²) in [6.45, 7) is 0.885. The fraction of sp³-hybridized carbons (Fsp3) is 0.158. The summed E-state index contributed by atoms with van der Waals surface area (Å²) in [7, 11) is 0. The Labute approximate surface area is 145 Å². The van der Waals surface area contributed by atoms with Crippen LogP contribution < -0.4 is 10.1 Å². The predicted octanol–water partition coefficient (Wildman–Crippen LogP) is 2.55. The fourth-order valence-electron chi connectivity index (χ4n) is 2.34. The predicted molar refractivity (Wildman–Crippen MR) is 94.7 cm³/mol. The number of carbonyl (C=O) groups excluding carboxylic acids is 1. The van der Waals surface area contributed by atoms with Crippen molar-refractivity contribution in [3.05, 3.63) is 78.1 Å². The van der Waals surface area contributed by atoms with Crippen LogP contribution in [0.3, 0.4) is 0 Å². The number of amides is 1. The Balaban J connectivity index is 1.59. The SMILES string of the molecule is O=C(Nc1ccc(OCCO)cc1)c1ccc(Cn2cccn2)cc1. The van der Waals surface area contributed by atoms with Gasteiger partial charge in [0.15, 0.2) is 0 Å². The first kappa shape index (κ1) is 16.7. The van der Waals surface area contributed by atoms with Crippen LogP contribution in [-0.4, -0.2) is 34.0 Å². The van der Waals surface area contributed by atoms with E-state index >= 15 is 0 Å². The van der Waals surface area contributed by atoms with Gasteiger partial charge in [0.05, 0.1) is 13.2 Å². The molecule has 0 saturated carbocycles. The van der Waals surface area contributed by atoms with E-state index in [-0.39, 0.29) is 19.1 Å². The zero-order valence-corrected chi connectivity index (χ0v) is 13.6. The van der Waals surface area contributed by atoms with Gasteiger partial charge in [0.25, 0.3) is 5.91 Å². The molecule has 0 spiro atoms. The lowest BCUT2D eigenvalue weighted by atomic mass is 10.1. The molecule has 1 heterocycles. The Morgan fingerprint density at radius 2 is 1.88 bits per heavy atom. The number of ether oxygens (including phenoxy) is 1. The topological polar surface area (TPSA) is 76.4 Å². The zero-order chi connectivity index (χ0) is 17.5. The molecule has 1 amide bonds. The molecular formula is C19H19N3O3. The minimum absolute atomic E-state index is 0.0329. The molecule has 0 saturated heterocycles. The van der Waals surface area contributed by atoms with Crippen LogP contribution in [0.5, 0.6) is 5.75 Å². The smallest absolute Gasteiger partial charge is 0.255 e. The van der Waals surface area contributed by atoms with Gasteiger partial charge in [-0.2, -0.15) is 5.10 Å². The van der Waals surface area contributed by atoms with Crippen LogP contribution in [0.1, 0.15) is 15.9 Å². The lowest BCUT2D eigenvalue weighted by Gasteiger charge is -2.08. The van der Waals surface area contributed by atoms with Crippen molar-refractivity contribution in [2.75, 3.05) is 18.5 Å². The molecule has 0 unspecified atom stereocenters. The number of rotatable bonds is 7. The molecule has 3 aromatic rings. The third-order valence-electron chi connectivity index (χ3n) is 3.59. The molecule has 0 fully saturated rings. The van der Waals surface area contributed by atoms with Gasteiger partial charge >= 0.3 is 0 Å². The van der Waals surface area contributed by atoms with Gasteiger partial charge in [-0.1, -0.05) is 12.1 Å². The second-order valence-corrected chi connectivity index (χ2v) is 5.45. The van der Waals surface area contributed by atoms with Crippen molar-refractivity contribution in [2.24, 2.45) is 0 Å². The molecule has 0 bridgehead atoms. The maximum absolute atomic E-state index is 12.3. The second-order valence-electron chi connectivity index (χ2n) is 5.45. The quantitative estimate of drug-likeness (QED) is 0.695. The number of benzene rings is 2. The van der Waals surface area contributed by atoms with Crippen molar-refractivity contribution in [2.45, 2.75) is 6.54 Å². The highest BCUT2D eigenvalue weighted by atomic mass is 16.5. The van der Waals surface area contributed by atoms with Gasteiger partial charge in [0, 0.05) is 23.6 Å². The monoisotopic (exact) mass is 337 g/mol. The summed E-state index contributed by atoms with van der Waals surface area (Å²) >= 11 is 0. The van der Waals surface area contributed by atoms with E-state index in [1.807, 2.05) is 29.1 Å². The summed E-state index contributed by atoms with van der Waals surface area (Å²) in [5.74, 6) is 0.477. The Bertz CT molecular complexity index is 797. The van der Waals surface area contributed by atoms with Crippen LogP contribution in [0.15, 0.2) is 67.0 Å². The third kappa shape index (κ3) is 4.68. The number of nitrogens with zero attached hydrogens (tertiary/aromatic N) is 2. The van der Waals surface area contributed by atoms with E-state index < -0.39 is 0 Å². The van der Waals surface area contributed by atoms with Crippen molar-refractivity contribution in [3.63, 3.8) is 0 Å². The Hall–Kier alpha value is -3.12. The number of nitrogens with one attached hydrogen (secondary N) is 1. The van der Waals surface area contributed by atoms with Gasteiger partial charge in [0.1, 0.15) is 12.4 Å². The average Bonchev–Trinajstić information content (AvgIpc) is 3.15. The first-order chi connectivity index (χ1) is 12.2. The fourth-order valence-corrected chi connectivity index (χ4v) is 2.34. The molecule has 6 nitrogen and oxygen atoms in total. The molecule has 0 atom stereocenters. The molecule has 6 heteroatoms. The van der Waals surface area contributed by atoms with Gasteiger partial charge in [0.2, 0.25) is 0 Å². The zero-order valence-electron chi connectivity index (χ0n) is 13.6. The van der Waals surface area contributed by atoms with Crippen LogP contribution in [0.2, 0.25) is 0 Å². The lowest BCUT2D eigenvalue weighted by molar-refractivity contribution is 0.102. The maximum atomic E-state index is 12.3. The van der Waals surface area contributed by atoms with Crippen LogP contribution in [-0.2, 0) is 6.54 Å². The minimum Gasteiger partial charge on any atom is -0.491 e. The number of aromatic nitrogens is 2. The number of carbonyl (C=O) groups is 1. The highest BCUT2D eigenvalue weighted by molar-refractivity contribution is 6.04. The molecule has 2 N–H and O–H groups in total. The van der Waals surface area contributed by atoms with Crippen LogP contribution in [0, 0.1) is 0 Å². The third-order valence-corrected chi connectivity index (χ3v) is 3.59. The number of aliphatic hydroxyl groups is 1. The summed E-state index contributed by atoms with van der Waals surface area (Å²) in [5.41, 5.74) is 2.34. The van der Waals surface area contributed by atoms with Gasteiger partial charge in [-0.25, -0.2) is 0 Å². The van der Waals surface area contributed by atoms with E-state index in [0.717, 1.165) is 5.56 Å². The first-order valence-corrected chi connectivity index (χ1v) is 7.96. The van der Waals surface area contributed by atoms with Crippen molar-refractivity contribution in [3.8, 4) is 5.75 Å². The van der Waals surface area contributed by atoms with Crippen molar-refractivity contribution >= 4 is 11.6 Å². The van der Waals surface area contributed by atoms with Crippen molar-refractivity contribution in [1.29, 1.82) is 0 Å². The van der Waals surface area contributed by atoms with E-state index in [2.05, 4.69) is 10.4 Å². The summed E-state index contributed by atoms with van der Waals surface area (Å²) < 4.78 is 7.11. The van der Waals surface area contributed by atoms with Gasteiger partial charge < -0.3 is 15.2 Å². The maximum Gasteiger partial charge on any atom is 0.255 e. The number of aliphatic hydroxyl groups excluding tert-OH is 1. The van der Waals surface area contributed by atoms with Crippen LogP contribution >= 0.6 is 0 Å². The molecule has 2 aromatic carbocycles. The van der Waals surface area contributed by atoms with E-state index in [9.17, 15) is 4.79 Å². The number of hydrogen-bond donors (Lipinski definition) is 2. The largest absolute Gasteiger partial charge is 0.491 e. The second kappa shape index (κ2) is 8.12. The van der Waals surface area contributed by atoms with Crippen LogP contribution in [0.4, 0.5) is 5.69 Å². The highest BCUT2D eigenvalue weighted by Gasteiger charge is 2.06. The summed E-state index contributed by atoms with van der Waals surface area (Å²) in [5, 5.41) is 15.7. The lowest BCUT2D eigenvalue weighted by Crippen LogP contribution is -2.12. The molecule has 0 aliphatic heterocycles. The Morgan fingerprint density at radius 3 is 2.52 bits per heavy atom. The van der Waals surface area contributed by atoms with Gasteiger partial charge in [-0.05, 0) is 48.0 Å². The van der Waals surface area contributed by atoms with Gasteiger partial charge in [-0.3, -0.25) is 9.48 Å². The summed E-state index contributed by atoms with van der Waals surface area (Å²) in [6, 6.07) is 16.3. The van der Waals surface area contributed by atoms with Crippen molar-refractivity contribution in [1.82, 2.24) is 9.78 Å². The summed E-state index contributed by atoms with van der Waals surface area (Å²) in [6.07, 6.45) is 3.64. The van der Waals surface area contributed by atoms with Crippen LogP contribution in [0.25, 0.3) is 0 Å². The minimum atomic E-state index is -0.172. The molecule has 1 aromatic heterocycles. The van der Waals surface area contributed by atoms with E-state index in [1.165, 1.54) is 0 Å². The molecule has 0 aliphatic carbocycles. The van der Waals surface area contributed by atoms with E-state index in [1.54, 1.807) is 42.6 Å². The van der Waals surface area contributed by atoms with E-state index in [0.29, 0.717) is 23.5 Å². The molecule has 3 rings (SSSR count). The Kier molecular flexibility index (Phi) is 5.43. The average molecular weight is 337 g/mol. The Morgan fingerprint density at radius 1 is 1.12 bits per heavy atom. The molecule has 25 heavy (non-hydrogen) atoms. The standard InChI is InChI=1S/C19H19N3O3/c23-12-13-25-18-8-6-17(7-9-18)21-19(24)16-4-2-15(3-5-16)14-22-11-1-10-20-22/h1-11,23H,12-14H2,(H,21,24). The molecule has 0 aliphatic rings. The highest BCUT2D eigenvalue weighted by Crippen LogP contribution is 2.16. The van der Waals surface area contributed by atoms with Gasteiger partial charge in [-0.15, -0.1) is 0 Å². The van der Waals surface area contributed by atoms with E-state index in [4.69, 9.17) is 9.84 Å². The first-order valence-electron chi connectivity index (χ1n) is 7.96. The molecule has 0 radical (unpaired) electrons. The summed E-state index contributed by atoms with van der Waals surface area (Å²) in [4.78, 5) is 12.3. The normalized spacial score (nSPS) is 10.4. The number of hydrogen-bond acceptors (Lipinski definition) is 4. The number of anilines is 1. The molecular weight excluding hydrogens is 318 g/mol.